The van der Waals surface area contributed by atoms with E-state index in [1.807, 2.05) is 49.4 Å². The molecule has 0 fully saturated rings. The number of nitrogens with zero attached hydrogens (tertiary/aromatic N) is 4. The van der Waals surface area contributed by atoms with Crippen LogP contribution in [0, 0.1) is 24.1 Å². The van der Waals surface area contributed by atoms with Crippen LogP contribution in [0.4, 0.5) is 4.39 Å². The van der Waals surface area contributed by atoms with Gasteiger partial charge in [0.2, 0.25) is 5.88 Å². The number of hydrogen-bond donors (Lipinski definition) is 1. The third kappa shape index (κ3) is 3.08. The summed E-state index contributed by atoms with van der Waals surface area (Å²) >= 11 is 0. The summed E-state index contributed by atoms with van der Waals surface area (Å²) in [6.07, 6.45) is 0. The van der Waals surface area contributed by atoms with Gasteiger partial charge in [-0.2, -0.15) is 5.26 Å². The molecule has 5 rings (SSSR count). The number of para-hydroxylation sites is 1. The zero-order chi connectivity index (χ0) is 21.5. The zero-order valence-corrected chi connectivity index (χ0v) is 16.7. The summed E-state index contributed by atoms with van der Waals surface area (Å²) in [7, 11) is 0. The highest BCUT2D eigenvalue weighted by atomic mass is 19.1. The number of fused-ring (bicyclic) bond motifs is 2. The van der Waals surface area contributed by atoms with Gasteiger partial charge in [-0.05, 0) is 36.8 Å². The number of halogens is 1. The van der Waals surface area contributed by atoms with Gasteiger partial charge >= 0.3 is 0 Å². The van der Waals surface area contributed by atoms with Crippen molar-refractivity contribution >= 4 is 16.5 Å². The molecule has 0 atom stereocenters. The molecule has 1 aromatic heterocycles. The lowest BCUT2D eigenvalue weighted by Gasteiger charge is -2.08. The van der Waals surface area contributed by atoms with Crippen LogP contribution in [0.2, 0.25) is 0 Å². The molecule has 0 saturated heterocycles. The monoisotopic (exact) mass is 408 g/mol. The van der Waals surface area contributed by atoms with Crippen LogP contribution in [-0.4, -0.2) is 9.67 Å². The van der Waals surface area contributed by atoms with Crippen molar-refractivity contribution in [1.82, 2.24) is 4.57 Å². The van der Waals surface area contributed by atoms with Crippen molar-refractivity contribution in [3.63, 3.8) is 0 Å². The normalized spacial score (nSPS) is 14.0. The van der Waals surface area contributed by atoms with E-state index in [1.54, 1.807) is 22.8 Å². The standard InChI is InChI=1S/C25H17FN4O/c1-15-10-11-20-21(12-15)29-24(28-20)18(13-27)23-17-7-3-5-9-22(17)30(25(23)31)14-16-6-2-4-8-19(16)26/h2-12,31H,14H2,1H3/b24-18+. The number of hydrogen-bond acceptors (Lipinski definition) is 4. The van der Waals surface area contributed by atoms with Gasteiger partial charge in [0.15, 0.2) is 5.82 Å². The van der Waals surface area contributed by atoms with Crippen molar-refractivity contribution in [2.75, 3.05) is 0 Å². The van der Waals surface area contributed by atoms with Gasteiger partial charge in [0.25, 0.3) is 0 Å². The summed E-state index contributed by atoms with van der Waals surface area (Å²) in [4.78, 5) is 9.03. The Morgan fingerprint density at radius 3 is 2.58 bits per heavy atom. The molecule has 0 radical (unpaired) electrons. The van der Waals surface area contributed by atoms with Crippen molar-refractivity contribution < 1.29 is 9.50 Å². The van der Waals surface area contributed by atoms with E-state index in [0.717, 1.165) is 5.56 Å². The molecule has 31 heavy (non-hydrogen) atoms. The molecule has 0 saturated carbocycles. The summed E-state index contributed by atoms with van der Waals surface area (Å²) < 4.78 is 15.9. The molecule has 0 bridgehead atoms. The Labute approximate surface area is 177 Å². The molecule has 0 aliphatic carbocycles. The fourth-order valence-corrected chi connectivity index (χ4v) is 3.89. The molecule has 150 valence electrons. The highest BCUT2D eigenvalue weighted by molar-refractivity contribution is 6.00. The maximum Gasteiger partial charge on any atom is 0.201 e. The van der Waals surface area contributed by atoms with Crippen molar-refractivity contribution in [2.45, 2.75) is 13.5 Å². The third-order valence-corrected chi connectivity index (χ3v) is 5.40. The van der Waals surface area contributed by atoms with E-state index in [2.05, 4.69) is 16.1 Å². The summed E-state index contributed by atoms with van der Waals surface area (Å²) in [6, 6.07) is 21.6. The van der Waals surface area contributed by atoms with E-state index < -0.39 is 0 Å². The summed E-state index contributed by atoms with van der Waals surface area (Å²) in [5.74, 6) is -0.218. The van der Waals surface area contributed by atoms with Gasteiger partial charge in [-0.3, -0.25) is 0 Å². The lowest BCUT2D eigenvalue weighted by atomic mass is 10.1. The first-order valence-electron chi connectivity index (χ1n) is 9.79. The van der Waals surface area contributed by atoms with Crippen LogP contribution in [0.25, 0.3) is 16.5 Å². The van der Waals surface area contributed by atoms with Crippen LogP contribution in [0.5, 0.6) is 5.88 Å². The van der Waals surface area contributed by atoms with Crippen LogP contribution >= 0.6 is 0 Å². The van der Waals surface area contributed by atoms with Crippen molar-refractivity contribution in [2.24, 2.45) is 9.98 Å². The Morgan fingerprint density at radius 2 is 1.77 bits per heavy atom. The highest BCUT2D eigenvalue weighted by Crippen LogP contribution is 2.38. The van der Waals surface area contributed by atoms with Crippen LogP contribution in [0.15, 0.2) is 82.5 Å². The van der Waals surface area contributed by atoms with Crippen molar-refractivity contribution in [3.8, 4) is 11.9 Å². The Kier molecular flexibility index (Phi) is 4.37. The average Bonchev–Trinajstić information content (AvgIpc) is 3.30. The lowest BCUT2D eigenvalue weighted by molar-refractivity contribution is 0.425. The topological polar surface area (TPSA) is 73.7 Å². The first kappa shape index (κ1) is 18.8. The highest BCUT2D eigenvalue weighted by Gasteiger charge is 2.24. The smallest absolute Gasteiger partial charge is 0.201 e. The van der Waals surface area contributed by atoms with E-state index >= 15 is 0 Å². The van der Waals surface area contributed by atoms with Crippen LogP contribution in [0.3, 0.4) is 0 Å². The van der Waals surface area contributed by atoms with E-state index in [-0.39, 0.29) is 29.6 Å². The van der Waals surface area contributed by atoms with Gasteiger partial charge in [0.05, 0.1) is 28.3 Å². The van der Waals surface area contributed by atoms with Gasteiger partial charge in [0, 0.05) is 10.9 Å². The molecule has 0 spiro atoms. The van der Waals surface area contributed by atoms with Gasteiger partial charge < -0.3 is 9.67 Å². The van der Waals surface area contributed by atoms with Crippen LogP contribution in [0.1, 0.15) is 16.7 Å². The minimum atomic E-state index is -0.355. The molecule has 5 nitrogen and oxygen atoms in total. The third-order valence-electron chi connectivity index (χ3n) is 5.40. The largest absolute Gasteiger partial charge is 0.494 e. The molecule has 4 aromatic rings. The van der Waals surface area contributed by atoms with Gasteiger partial charge in [0.1, 0.15) is 17.5 Å². The second-order valence-electron chi connectivity index (χ2n) is 7.42. The molecule has 3 aromatic carbocycles. The van der Waals surface area contributed by atoms with Gasteiger partial charge in [-0.25, -0.2) is 14.4 Å². The first-order chi connectivity index (χ1) is 15.1. The lowest BCUT2D eigenvalue weighted by Crippen LogP contribution is -2.20. The molecule has 2 heterocycles. The average molecular weight is 408 g/mol. The SMILES string of the molecule is Cc1ccc2c(c1)=N/C(=C(\C#N)c1c(O)n(Cc3ccccc3F)c3ccccc13)N=2. The second-order valence-corrected chi connectivity index (χ2v) is 7.42. The number of nitriles is 1. The van der Waals surface area contributed by atoms with Crippen LogP contribution < -0.4 is 10.7 Å². The number of benzene rings is 3. The predicted octanol–water partition coefficient (Wildman–Crippen LogP) is 3.99. The quantitative estimate of drug-likeness (QED) is 0.521. The van der Waals surface area contributed by atoms with E-state index in [9.17, 15) is 14.8 Å². The molecule has 1 N–H and O–H groups in total. The minimum absolute atomic E-state index is 0.119. The van der Waals surface area contributed by atoms with E-state index in [0.29, 0.717) is 32.7 Å². The maximum atomic E-state index is 14.3. The van der Waals surface area contributed by atoms with E-state index in [1.165, 1.54) is 6.07 Å². The number of aromatic nitrogens is 1. The summed E-state index contributed by atoms with van der Waals surface area (Å²) in [5.41, 5.74) is 2.70. The number of allylic oxidation sites excluding steroid dienone is 1. The molecule has 1 aliphatic rings. The first-order valence-corrected chi connectivity index (χ1v) is 9.79. The fraction of sp³-hybridized carbons (Fsp3) is 0.0800. The van der Waals surface area contributed by atoms with Gasteiger partial charge in [-0.1, -0.05) is 42.5 Å². The van der Waals surface area contributed by atoms with Crippen molar-refractivity contribution in [3.05, 3.63) is 106 Å². The maximum absolute atomic E-state index is 14.3. The Bertz CT molecular complexity index is 1560. The Balaban J connectivity index is 1.75. The molecular weight excluding hydrogens is 391 g/mol. The van der Waals surface area contributed by atoms with Gasteiger partial charge in [-0.15, -0.1) is 0 Å². The number of aromatic hydroxyl groups is 1. The number of aryl methyl sites for hydroxylation is 1. The minimum Gasteiger partial charge on any atom is -0.494 e. The summed E-state index contributed by atoms with van der Waals surface area (Å²) in [6.45, 7) is 2.09. The number of rotatable bonds is 3. The Hall–Kier alpha value is -4.24. The molecule has 0 unspecified atom stereocenters. The molecular formula is C25H17FN4O. The predicted molar refractivity (Wildman–Crippen MR) is 115 cm³/mol. The Morgan fingerprint density at radius 1 is 1.03 bits per heavy atom. The van der Waals surface area contributed by atoms with Crippen LogP contribution in [-0.2, 0) is 6.54 Å². The molecule has 1 aliphatic heterocycles. The molecule has 6 heteroatoms. The van der Waals surface area contributed by atoms with E-state index in [4.69, 9.17) is 0 Å². The second kappa shape index (κ2) is 7.22. The zero-order valence-electron chi connectivity index (χ0n) is 16.7. The molecule has 0 amide bonds. The fourth-order valence-electron chi connectivity index (χ4n) is 3.89. The van der Waals surface area contributed by atoms with Crippen molar-refractivity contribution in [1.29, 1.82) is 5.26 Å². The summed E-state index contributed by atoms with van der Waals surface area (Å²) in [5, 5.41) is 23.2.